The first-order valence-corrected chi connectivity index (χ1v) is 14.2. The van der Waals surface area contributed by atoms with Crippen LogP contribution in [0.1, 0.15) is 22.3 Å². The molecule has 0 N–H and O–H groups in total. The molecule has 6 rings (SSSR count). The van der Waals surface area contributed by atoms with Gasteiger partial charge in [0.05, 0.1) is 14.2 Å². The molecule has 4 aromatic carbocycles. The maximum atomic E-state index is 13.8. The van der Waals surface area contributed by atoms with Crippen molar-refractivity contribution in [3.8, 4) is 11.5 Å². The predicted molar refractivity (Wildman–Crippen MR) is 171 cm³/mol. The van der Waals surface area contributed by atoms with Crippen molar-refractivity contribution in [2.75, 3.05) is 27.3 Å². The normalized spacial score (nSPS) is 16.5. The number of amides is 2. The maximum absolute atomic E-state index is 13.8. The van der Waals surface area contributed by atoms with Crippen LogP contribution in [0.3, 0.4) is 0 Å². The van der Waals surface area contributed by atoms with Crippen LogP contribution in [-0.4, -0.2) is 60.6 Å². The van der Waals surface area contributed by atoms with Crippen LogP contribution < -0.4 is 9.47 Å². The molecule has 0 aromatic heterocycles. The van der Waals surface area contributed by atoms with Crippen LogP contribution in [0, 0.1) is 0 Å². The molecular weight excluding hydrogens is 552 g/mol. The number of benzene rings is 4. The number of carbonyl (C=O) groups is 2. The summed E-state index contributed by atoms with van der Waals surface area (Å²) in [6, 6.07) is 34.0. The van der Waals surface area contributed by atoms with Gasteiger partial charge in [-0.25, -0.2) is 9.98 Å². The van der Waals surface area contributed by atoms with E-state index in [1.165, 1.54) is 0 Å². The topological polar surface area (TPSA) is 83.8 Å². The Morgan fingerprint density at radius 2 is 0.909 bits per heavy atom. The van der Waals surface area contributed by atoms with Crippen molar-refractivity contribution >= 4 is 35.6 Å². The van der Waals surface area contributed by atoms with E-state index in [-0.39, 0.29) is 24.9 Å². The summed E-state index contributed by atoms with van der Waals surface area (Å²) in [5.74, 6) is 1.93. The SMILES string of the molecule is COc1ccc(C2=N/C(=C\c3ccccc3)C(=O)N2CCN2C(=O)/C(=C\c3ccccc3)N=C2c2ccc(OC)cc2)cc1. The van der Waals surface area contributed by atoms with Crippen molar-refractivity contribution < 1.29 is 19.1 Å². The number of carbonyl (C=O) groups excluding carboxylic acids is 2. The fraction of sp³-hybridized carbons (Fsp3) is 0.111. The summed E-state index contributed by atoms with van der Waals surface area (Å²) in [5, 5.41) is 0. The number of hydrogen-bond acceptors (Lipinski definition) is 6. The van der Waals surface area contributed by atoms with Gasteiger partial charge < -0.3 is 9.47 Å². The van der Waals surface area contributed by atoms with E-state index in [2.05, 4.69) is 0 Å². The van der Waals surface area contributed by atoms with Gasteiger partial charge in [0.25, 0.3) is 11.8 Å². The Balaban J connectivity index is 1.33. The van der Waals surface area contributed by atoms with Crippen molar-refractivity contribution in [1.29, 1.82) is 0 Å². The molecule has 4 aromatic rings. The van der Waals surface area contributed by atoms with Crippen molar-refractivity contribution in [3.05, 3.63) is 143 Å². The molecule has 0 atom stereocenters. The standard InChI is InChI=1S/C36H30N4O4/c1-43-29-17-13-27(14-18-29)33-37-31(23-25-9-5-3-6-10-25)35(41)39(33)21-22-40-34(28-15-19-30(44-2)20-16-28)38-32(36(40)42)24-26-11-7-4-8-12-26/h3-20,23-24H,21-22H2,1-2H3/b31-23-,32-24+. The molecule has 8 heteroatoms. The fourth-order valence-corrected chi connectivity index (χ4v) is 5.05. The maximum Gasteiger partial charge on any atom is 0.278 e. The Morgan fingerprint density at radius 3 is 1.25 bits per heavy atom. The van der Waals surface area contributed by atoms with E-state index in [4.69, 9.17) is 19.5 Å². The van der Waals surface area contributed by atoms with E-state index < -0.39 is 0 Å². The van der Waals surface area contributed by atoms with Crippen LogP contribution in [-0.2, 0) is 9.59 Å². The lowest BCUT2D eigenvalue weighted by atomic mass is 10.1. The number of nitrogens with zero attached hydrogens (tertiary/aromatic N) is 4. The highest BCUT2D eigenvalue weighted by atomic mass is 16.5. The fourth-order valence-electron chi connectivity index (χ4n) is 5.05. The van der Waals surface area contributed by atoms with Crippen LogP contribution in [0.2, 0.25) is 0 Å². The number of hydrogen-bond donors (Lipinski definition) is 0. The van der Waals surface area contributed by atoms with Crippen molar-refractivity contribution in [1.82, 2.24) is 9.80 Å². The summed E-state index contributed by atoms with van der Waals surface area (Å²) >= 11 is 0. The molecule has 2 aliphatic rings. The molecule has 218 valence electrons. The lowest BCUT2D eigenvalue weighted by Crippen LogP contribution is -2.42. The van der Waals surface area contributed by atoms with Gasteiger partial charge in [-0.2, -0.15) is 0 Å². The molecule has 0 spiro atoms. The molecule has 0 unspecified atom stereocenters. The third-order valence-electron chi connectivity index (χ3n) is 7.34. The van der Waals surface area contributed by atoms with Gasteiger partial charge in [-0.3, -0.25) is 19.4 Å². The number of rotatable bonds is 9. The highest BCUT2D eigenvalue weighted by Crippen LogP contribution is 2.26. The quantitative estimate of drug-likeness (QED) is 0.238. The number of amidine groups is 2. The molecule has 2 amide bonds. The zero-order chi connectivity index (χ0) is 30.5. The van der Waals surface area contributed by atoms with Crippen LogP contribution in [0.25, 0.3) is 12.2 Å². The second-order valence-corrected chi connectivity index (χ2v) is 10.1. The molecule has 0 aliphatic carbocycles. The lowest BCUT2D eigenvalue weighted by Gasteiger charge is -2.24. The molecule has 2 heterocycles. The molecule has 0 radical (unpaired) electrons. The van der Waals surface area contributed by atoms with Gasteiger partial charge in [0.1, 0.15) is 34.6 Å². The predicted octanol–water partition coefficient (Wildman–Crippen LogP) is 5.66. The third kappa shape index (κ3) is 5.91. The smallest absolute Gasteiger partial charge is 0.278 e. The van der Waals surface area contributed by atoms with Crippen LogP contribution >= 0.6 is 0 Å². The minimum atomic E-state index is -0.241. The van der Waals surface area contributed by atoms with Gasteiger partial charge in [0.15, 0.2) is 0 Å². The van der Waals surface area contributed by atoms with Crippen molar-refractivity contribution in [3.63, 3.8) is 0 Å². The van der Waals surface area contributed by atoms with Crippen LogP contribution in [0.5, 0.6) is 11.5 Å². The Bertz CT molecular complexity index is 1660. The van der Waals surface area contributed by atoms with E-state index in [1.54, 1.807) is 36.2 Å². The zero-order valence-corrected chi connectivity index (χ0v) is 24.4. The van der Waals surface area contributed by atoms with Gasteiger partial charge in [-0.15, -0.1) is 0 Å². The van der Waals surface area contributed by atoms with Gasteiger partial charge in [0, 0.05) is 24.2 Å². The molecule has 0 bridgehead atoms. The van der Waals surface area contributed by atoms with E-state index >= 15 is 0 Å². The Morgan fingerprint density at radius 1 is 0.545 bits per heavy atom. The van der Waals surface area contributed by atoms with Gasteiger partial charge >= 0.3 is 0 Å². The van der Waals surface area contributed by atoms with E-state index in [1.807, 2.05) is 109 Å². The third-order valence-corrected chi connectivity index (χ3v) is 7.34. The van der Waals surface area contributed by atoms with Crippen LogP contribution in [0.15, 0.2) is 131 Å². The minimum Gasteiger partial charge on any atom is -0.497 e. The highest BCUT2D eigenvalue weighted by Gasteiger charge is 2.35. The second-order valence-electron chi connectivity index (χ2n) is 10.1. The van der Waals surface area contributed by atoms with Crippen LogP contribution in [0.4, 0.5) is 0 Å². The summed E-state index contributed by atoms with van der Waals surface area (Å²) < 4.78 is 10.7. The largest absolute Gasteiger partial charge is 0.497 e. The first kappa shape index (κ1) is 28.4. The second kappa shape index (κ2) is 12.6. The molecule has 0 saturated carbocycles. The first-order chi connectivity index (χ1) is 21.5. The number of ether oxygens (including phenoxy) is 2. The Kier molecular flexibility index (Phi) is 8.14. The summed E-state index contributed by atoms with van der Waals surface area (Å²) in [7, 11) is 3.21. The summed E-state index contributed by atoms with van der Waals surface area (Å²) in [5.41, 5.74) is 3.91. The summed E-state index contributed by atoms with van der Waals surface area (Å²) in [6.07, 6.45) is 3.55. The average molecular weight is 583 g/mol. The molecule has 8 nitrogen and oxygen atoms in total. The molecule has 44 heavy (non-hydrogen) atoms. The lowest BCUT2D eigenvalue weighted by molar-refractivity contribution is -0.125. The molecule has 2 aliphatic heterocycles. The summed E-state index contributed by atoms with van der Waals surface area (Å²) in [6.45, 7) is 0.407. The molecular formula is C36H30N4O4. The first-order valence-electron chi connectivity index (χ1n) is 14.2. The monoisotopic (exact) mass is 582 g/mol. The van der Waals surface area contributed by atoms with Gasteiger partial charge in [0.2, 0.25) is 0 Å². The number of aliphatic imine (C=N–C) groups is 2. The van der Waals surface area contributed by atoms with Gasteiger partial charge in [-0.1, -0.05) is 60.7 Å². The molecule has 0 saturated heterocycles. The zero-order valence-electron chi connectivity index (χ0n) is 24.4. The Hall–Kier alpha value is -5.76. The van der Waals surface area contributed by atoms with E-state index in [9.17, 15) is 9.59 Å². The highest BCUT2D eigenvalue weighted by molar-refractivity contribution is 6.21. The molecule has 0 fully saturated rings. The summed E-state index contributed by atoms with van der Waals surface area (Å²) in [4.78, 5) is 40.3. The van der Waals surface area contributed by atoms with Gasteiger partial charge in [-0.05, 0) is 71.8 Å². The van der Waals surface area contributed by atoms with E-state index in [0.717, 1.165) is 22.3 Å². The van der Waals surface area contributed by atoms with Crippen molar-refractivity contribution in [2.45, 2.75) is 0 Å². The Labute approximate surface area is 255 Å². The van der Waals surface area contributed by atoms with E-state index in [0.29, 0.717) is 34.6 Å². The average Bonchev–Trinajstić information content (AvgIpc) is 3.55. The van der Waals surface area contributed by atoms with Crippen molar-refractivity contribution in [2.24, 2.45) is 9.98 Å². The minimum absolute atomic E-state index is 0.204. The number of methoxy groups -OCH3 is 2.